The van der Waals surface area contributed by atoms with Crippen LogP contribution in [0.4, 0.5) is 0 Å². The van der Waals surface area contributed by atoms with E-state index in [1.807, 2.05) is 30.3 Å². The Hall–Kier alpha value is -2.55. The highest BCUT2D eigenvalue weighted by Gasteiger charge is 2.51. The zero-order valence-corrected chi connectivity index (χ0v) is 15.5. The molecule has 0 atom stereocenters. The first-order valence-electron chi connectivity index (χ1n) is 8.78. The van der Waals surface area contributed by atoms with Gasteiger partial charge in [-0.25, -0.2) is 0 Å². The van der Waals surface area contributed by atoms with Crippen LogP contribution in [0.2, 0.25) is 0 Å². The van der Waals surface area contributed by atoms with Crippen LogP contribution in [-0.4, -0.2) is 23.3 Å². The maximum absolute atomic E-state index is 9.04. The summed E-state index contributed by atoms with van der Waals surface area (Å²) in [6.07, 6.45) is 0. The molecule has 2 heterocycles. The number of hydrogen-bond donors (Lipinski definition) is 1. The molecule has 0 unspecified atom stereocenters. The molecule has 1 aliphatic heterocycles. The summed E-state index contributed by atoms with van der Waals surface area (Å²) < 4.78 is 12.2. The van der Waals surface area contributed by atoms with Gasteiger partial charge in [0.25, 0.3) is 0 Å². The molecule has 1 aliphatic rings. The lowest BCUT2D eigenvalue weighted by molar-refractivity contribution is 0.00578. The number of hydrogen-bond acceptors (Lipinski definition) is 3. The molecule has 3 aromatic rings. The van der Waals surface area contributed by atoms with Crippen LogP contribution < -0.4 is 5.46 Å². The molecule has 5 heteroatoms. The Kier molecular flexibility index (Phi) is 3.73. The zero-order chi connectivity index (χ0) is 18.5. The SMILES string of the molecule is CC1(C)OB(c2ccc(-c3cc4ccc(C#N)cc4[nH]3)cc2)OC1(C)C. The molecule has 0 aliphatic carbocycles. The summed E-state index contributed by atoms with van der Waals surface area (Å²) in [5.74, 6) is 0. The highest BCUT2D eigenvalue weighted by atomic mass is 16.7. The van der Waals surface area contributed by atoms with Crippen LogP contribution in [-0.2, 0) is 9.31 Å². The first-order chi connectivity index (χ1) is 12.3. The van der Waals surface area contributed by atoms with E-state index in [0.717, 1.165) is 27.6 Å². The van der Waals surface area contributed by atoms with E-state index < -0.39 is 0 Å². The molecule has 1 aromatic heterocycles. The van der Waals surface area contributed by atoms with Crippen molar-refractivity contribution in [3.63, 3.8) is 0 Å². The molecule has 26 heavy (non-hydrogen) atoms. The molecule has 0 amide bonds. The van der Waals surface area contributed by atoms with Crippen molar-refractivity contribution in [2.45, 2.75) is 38.9 Å². The van der Waals surface area contributed by atoms with Gasteiger partial charge in [0, 0.05) is 16.6 Å². The Morgan fingerprint density at radius 3 is 2.19 bits per heavy atom. The Labute approximate surface area is 153 Å². The fourth-order valence-electron chi connectivity index (χ4n) is 3.15. The molecule has 0 bridgehead atoms. The third kappa shape index (κ3) is 2.72. The molecule has 1 fully saturated rings. The van der Waals surface area contributed by atoms with Crippen molar-refractivity contribution in [1.82, 2.24) is 4.98 Å². The van der Waals surface area contributed by atoms with E-state index in [9.17, 15) is 0 Å². The fraction of sp³-hybridized carbons (Fsp3) is 0.286. The summed E-state index contributed by atoms with van der Waals surface area (Å²) in [4.78, 5) is 3.39. The molecule has 1 N–H and O–H groups in total. The van der Waals surface area contributed by atoms with Crippen molar-refractivity contribution in [3.05, 3.63) is 54.1 Å². The lowest BCUT2D eigenvalue weighted by atomic mass is 9.79. The monoisotopic (exact) mass is 344 g/mol. The van der Waals surface area contributed by atoms with Gasteiger partial charge in [-0.2, -0.15) is 5.26 Å². The van der Waals surface area contributed by atoms with E-state index in [2.05, 4.69) is 56.9 Å². The molecular weight excluding hydrogens is 323 g/mol. The average Bonchev–Trinajstić information content (AvgIpc) is 3.12. The van der Waals surface area contributed by atoms with E-state index in [-0.39, 0.29) is 18.3 Å². The number of benzene rings is 2. The second-order valence-corrected chi connectivity index (χ2v) is 7.81. The van der Waals surface area contributed by atoms with Gasteiger partial charge in [-0.1, -0.05) is 30.3 Å². The van der Waals surface area contributed by atoms with Crippen LogP contribution >= 0.6 is 0 Å². The minimum Gasteiger partial charge on any atom is -0.399 e. The molecule has 4 nitrogen and oxygen atoms in total. The quantitative estimate of drug-likeness (QED) is 0.715. The maximum atomic E-state index is 9.04. The second-order valence-electron chi connectivity index (χ2n) is 7.81. The van der Waals surface area contributed by atoms with Gasteiger partial charge < -0.3 is 14.3 Å². The normalized spacial score (nSPS) is 18.2. The topological polar surface area (TPSA) is 58.0 Å². The van der Waals surface area contributed by atoms with E-state index >= 15 is 0 Å². The van der Waals surface area contributed by atoms with Gasteiger partial charge in [-0.05, 0) is 56.9 Å². The maximum Gasteiger partial charge on any atom is 0.494 e. The van der Waals surface area contributed by atoms with Gasteiger partial charge in [-0.15, -0.1) is 0 Å². The smallest absolute Gasteiger partial charge is 0.399 e. The third-order valence-electron chi connectivity index (χ3n) is 5.50. The summed E-state index contributed by atoms with van der Waals surface area (Å²) in [5.41, 5.74) is 4.06. The largest absolute Gasteiger partial charge is 0.494 e. The van der Waals surface area contributed by atoms with Gasteiger partial charge in [0.2, 0.25) is 0 Å². The number of aromatic amines is 1. The van der Waals surface area contributed by atoms with Crippen LogP contribution in [0.1, 0.15) is 33.3 Å². The first-order valence-corrected chi connectivity index (χ1v) is 8.78. The minimum absolute atomic E-state index is 0.341. The van der Waals surface area contributed by atoms with E-state index in [0.29, 0.717) is 5.56 Å². The lowest BCUT2D eigenvalue weighted by Gasteiger charge is -2.32. The van der Waals surface area contributed by atoms with E-state index in [4.69, 9.17) is 14.6 Å². The highest BCUT2D eigenvalue weighted by molar-refractivity contribution is 6.62. The summed E-state index contributed by atoms with van der Waals surface area (Å²) in [6, 6.07) is 18.2. The number of nitriles is 1. The van der Waals surface area contributed by atoms with E-state index in [1.165, 1.54) is 0 Å². The Bertz CT molecular complexity index is 997. The first kappa shape index (κ1) is 16.9. The van der Waals surface area contributed by atoms with Crippen LogP contribution in [0.25, 0.3) is 22.2 Å². The van der Waals surface area contributed by atoms with Gasteiger partial charge in [0.05, 0.1) is 22.8 Å². The summed E-state index contributed by atoms with van der Waals surface area (Å²) in [7, 11) is -0.352. The number of H-pyrrole nitrogens is 1. The Morgan fingerprint density at radius 2 is 1.58 bits per heavy atom. The number of rotatable bonds is 2. The molecule has 2 aromatic carbocycles. The summed E-state index contributed by atoms with van der Waals surface area (Å²) >= 11 is 0. The third-order valence-corrected chi connectivity index (χ3v) is 5.50. The number of fused-ring (bicyclic) bond motifs is 1. The predicted molar refractivity (Wildman–Crippen MR) is 104 cm³/mol. The fourth-order valence-corrected chi connectivity index (χ4v) is 3.15. The standard InChI is InChI=1S/C21H21BN2O2/c1-20(2)21(3,4)26-22(25-20)17-9-7-15(8-10-17)19-12-16-6-5-14(13-23)11-18(16)24-19/h5-12,24H,1-4H3. The highest BCUT2D eigenvalue weighted by Crippen LogP contribution is 2.36. The number of aromatic nitrogens is 1. The van der Waals surface area contributed by atoms with Crippen molar-refractivity contribution >= 4 is 23.5 Å². The predicted octanol–water partition coefficient (Wildman–Crippen LogP) is 4.01. The van der Waals surface area contributed by atoms with Crippen molar-refractivity contribution in [2.24, 2.45) is 0 Å². The second kappa shape index (κ2) is 5.73. The molecule has 0 radical (unpaired) electrons. The molecule has 0 spiro atoms. The van der Waals surface area contributed by atoms with Gasteiger partial charge in [0.15, 0.2) is 0 Å². The van der Waals surface area contributed by atoms with E-state index in [1.54, 1.807) is 0 Å². The zero-order valence-electron chi connectivity index (χ0n) is 15.5. The molecule has 0 saturated carbocycles. The molecule has 4 rings (SSSR count). The molecule has 130 valence electrons. The summed E-state index contributed by atoms with van der Waals surface area (Å²) in [6.45, 7) is 8.23. The van der Waals surface area contributed by atoms with Gasteiger partial charge in [-0.3, -0.25) is 0 Å². The van der Waals surface area contributed by atoms with Crippen LogP contribution in [0.5, 0.6) is 0 Å². The lowest BCUT2D eigenvalue weighted by Crippen LogP contribution is -2.41. The van der Waals surface area contributed by atoms with Crippen molar-refractivity contribution in [3.8, 4) is 17.3 Å². The summed E-state index contributed by atoms with van der Waals surface area (Å²) in [5, 5.41) is 10.1. The minimum atomic E-state index is -0.352. The van der Waals surface area contributed by atoms with Gasteiger partial charge >= 0.3 is 7.12 Å². The van der Waals surface area contributed by atoms with Crippen LogP contribution in [0, 0.1) is 11.3 Å². The van der Waals surface area contributed by atoms with Crippen molar-refractivity contribution in [1.29, 1.82) is 5.26 Å². The Morgan fingerprint density at radius 1 is 0.923 bits per heavy atom. The Balaban J connectivity index is 1.62. The van der Waals surface area contributed by atoms with Crippen molar-refractivity contribution < 1.29 is 9.31 Å². The average molecular weight is 344 g/mol. The van der Waals surface area contributed by atoms with Crippen LogP contribution in [0.15, 0.2) is 48.5 Å². The number of nitrogens with one attached hydrogen (secondary N) is 1. The molecular formula is C21H21BN2O2. The van der Waals surface area contributed by atoms with Crippen molar-refractivity contribution in [2.75, 3.05) is 0 Å². The van der Waals surface area contributed by atoms with Gasteiger partial charge in [0.1, 0.15) is 0 Å². The molecule has 1 saturated heterocycles. The van der Waals surface area contributed by atoms with Crippen LogP contribution in [0.3, 0.4) is 0 Å². The number of nitrogens with zero attached hydrogens (tertiary/aromatic N) is 1.